The van der Waals surface area contributed by atoms with E-state index in [0.717, 1.165) is 18.8 Å². The van der Waals surface area contributed by atoms with Gasteiger partial charge in [0.15, 0.2) is 0 Å². The molecule has 124 valence electrons. The maximum absolute atomic E-state index is 12.9. The van der Waals surface area contributed by atoms with E-state index in [2.05, 4.69) is 15.0 Å². The number of piperazine rings is 1. The molecule has 0 radical (unpaired) electrons. The zero-order valence-corrected chi connectivity index (χ0v) is 13.7. The number of carbonyl (C=O) groups excluding carboxylic acids is 1. The molecule has 1 aliphatic heterocycles. The monoisotopic (exact) mass is 318 g/mol. The van der Waals surface area contributed by atoms with Gasteiger partial charge in [0.05, 0.1) is 22.7 Å². The van der Waals surface area contributed by atoms with Crippen LogP contribution in [0, 0.1) is 13.8 Å². The third-order valence-electron chi connectivity index (χ3n) is 4.16. The number of aryl methyl sites for hydroxylation is 2. The number of aliphatic hydroxyl groups is 1. The summed E-state index contributed by atoms with van der Waals surface area (Å²) in [6.45, 7) is 8.93. The van der Waals surface area contributed by atoms with E-state index in [0.29, 0.717) is 42.0 Å². The van der Waals surface area contributed by atoms with Crippen molar-refractivity contribution in [2.24, 2.45) is 0 Å². The standard InChI is InChI=1S/C16H22N4O3/c1-10-8-13(14-12(3)18-23-15(14)17-10)16(22)20-6-4-19(5-7-20)9-11(2)21/h8,11,21H,4-7,9H2,1-3H3/t11-/m1/s1. The summed E-state index contributed by atoms with van der Waals surface area (Å²) in [5, 5.41) is 14.1. The van der Waals surface area contributed by atoms with Crippen LogP contribution in [0.15, 0.2) is 10.6 Å². The fourth-order valence-electron chi connectivity index (χ4n) is 3.06. The molecule has 2 aromatic heterocycles. The molecule has 1 fully saturated rings. The van der Waals surface area contributed by atoms with Crippen molar-refractivity contribution < 1.29 is 14.4 Å². The number of carbonyl (C=O) groups is 1. The number of nitrogens with zero attached hydrogens (tertiary/aromatic N) is 4. The van der Waals surface area contributed by atoms with Gasteiger partial charge in [-0.15, -0.1) is 0 Å². The topological polar surface area (TPSA) is 82.7 Å². The van der Waals surface area contributed by atoms with Crippen molar-refractivity contribution in [3.05, 3.63) is 23.0 Å². The number of β-amino-alcohol motifs (C(OH)–C–C–N with tert-alkyl or cyclic N) is 1. The minimum absolute atomic E-state index is 0.0107. The molecule has 1 N–H and O–H groups in total. The van der Waals surface area contributed by atoms with Gasteiger partial charge in [-0.3, -0.25) is 9.69 Å². The van der Waals surface area contributed by atoms with Crippen molar-refractivity contribution in [1.82, 2.24) is 19.9 Å². The lowest BCUT2D eigenvalue weighted by Gasteiger charge is -2.35. The highest BCUT2D eigenvalue weighted by atomic mass is 16.5. The number of hydrogen-bond acceptors (Lipinski definition) is 6. The smallest absolute Gasteiger partial charge is 0.258 e. The van der Waals surface area contributed by atoms with Crippen molar-refractivity contribution in [1.29, 1.82) is 0 Å². The fraction of sp³-hybridized carbons (Fsp3) is 0.562. The zero-order chi connectivity index (χ0) is 16.6. The zero-order valence-electron chi connectivity index (χ0n) is 13.7. The van der Waals surface area contributed by atoms with Crippen molar-refractivity contribution >= 4 is 17.0 Å². The Kier molecular flexibility index (Phi) is 4.32. The van der Waals surface area contributed by atoms with Gasteiger partial charge in [-0.05, 0) is 26.8 Å². The summed E-state index contributed by atoms with van der Waals surface area (Å²) in [4.78, 5) is 21.2. The average molecular weight is 318 g/mol. The summed E-state index contributed by atoms with van der Waals surface area (Å²) in [6, 6.07) is 1.80. The minimum Gasteiger partial charge on any atom is -0.392 e. The van der Waals surface area contributed by atoms with E-state index < -0.39 is 0 Å². The Morgan fingerprint density at radius 2 is 2.04 bits per heavy atom. The lowest BCUT2D eigenvalue weighted by molar-refractivity contribution is 0.0555. The highest BCUT2D eigenvalue weighted by Gasteiger charge is 2.26. The van der Waals surface area contributed by atoms with E-state index in [1.54, 1.807) is 13.0 Å². The SMILES string of the molecule is Cc1cc(C(=O)N2CCN(C[C@@H](C)O)CC2)c2c(C)noc2n1. The molecule has 1 aliphatic rings. The summed E-state index contributed by atoms with van der Waals surface area (Å²) >= 11 is 0. The Labute approximate surface area is 134 Å². The molecule has 0 saturated carbocycles. The lowest BCUT2D eigenvalue weighted by Crippen LogP contribution is -2.50. The van der Waals surface area contributed by atoms with Crippen LogP contribution in [-0.2, 0) is 0 Å². The molecule has 0 aromatic carbocycles. The quantitative estimate of drug-likeness (QED) is 0.908. The van der Waals surface area contributed by atoms with Gasteiger partial charge in [0.2, 0.25) is 0 Å². The molecule has 0 bridgehead atoms. The van der Waals surface area contributed by atoms with E-state index >= 15 is 0 Å². The van der Waals surface area contributed by atoms with Crippen LogP contribution in [0.1, 0.15) is 28.7 Å². The Morgan fingerprint density at radius 1 is 1.35 bits per heavy atom. The molecular formula is C16H22N4O3. The molecule has 1 amide bonds. The Balaban J connectivity index is 1.81. The number of aliphatic hydroxyl groups excluding tert-OH is 1. The van der Waals surface area contributed by atoms with E-state index in [-0.39, 0.29) is 12.0 Å². The van der Waals surface area contributed by atoms with Crippen LogP contribution >= 0.6 is 0 Å². The Morgan fingerprint density at radius 3 is 2.70 bits per heavy atom. The minimum atomic E-state index is -0.348. The van der Waals surface area contributed by atoms with Crippen LogP contribution in [0.2, 0.25) is 0 Å². The molecule has 23 heavy (non-hydrogen) atoms. The van der Waals surface area contributed by atoms with E-state index in [1.165, 1.54) is 0 Å². The first-order chi connectivity index (χ1) is 11.0. The van der Waals surface area contributed by atoms with Gasteiger partial charge in [0.1, 0.15) is 0 Å². The third kappa shape index (κ3) is 3.20. The maximum Gasteiger partial charge on any atom is 0.258 e. The first-order valence-electron chi connectivity index (χ1n) is 7.89. The number of rotatable bonds is 3. The molecule has 0 unspecified atom stereocenters. The van der Waals surface area contributed by atoms with E-state index in [1.807, 2.05) is 18.7 Å². The first-order valence-corrected chi connectivity index (χ1v) is 7.89. The van der Waals surface area contributed by atoms with Crippen LogP contribution in [0.3, 0.4) is 0 Å². The number of hydrogen-bond donors (Lipinski definition) is 1. The van der Waals surface area contributed by atoms with Crippen LogP contribution in [0.5, 0.6) is 0 Å². The highest BCUT2D eigenvalue weighted by molar-refractivity contribution is 6.06. The molecule has 7 heteroatoms. The van der Waals surface area contributed by atoms with Crippen LogP contribution in [0.4, 0.5) is 0 Å². The van der Waals surface area contributed by atoms with Gasteiger partial charge in [-0.25, -0.2) is 4.98 Å². The number of amides is 1. The molecule has 3 heterocycles. The van der Waals surface area contributed by atoms with Gasteiger partial charge in [0, 0.05) is 38.4 Å². The van der Waals surface area contributed by atoms with Crippen LogP contribution in [-0.4, -0.2) is 69.8 Å². The fourth-order valence-corrected chi connectivity index (χ4v) is 3.06. The largest absolute Gasteiger partial charge is 0.392 e. The number of aromatic nitrogens is 2. The van der Waals surface area contributed by atoms with Gasteiger partial charge >= 0.3 is 0 Å². The summed E-state index contributed by atoms with van der Waals surface area (Å²) in [7, 11) is 0. The third-order valence-corrected chi connectivity index (χ3v) is 4.16. The summed E-state index contributed by atoms with van der Waals surface area (Å²) < 4.78 is 5.20. The van der Waals surface area contributed by atoms with E-state index in [9.17, 15) is 9.90 Å². The number of pyridine rings is 1. The first kappa shape index (κ1) is 15.9. The number of fused-ring (bicyclic) bond motifs is 1. The second-order valence-electron chi connectivity index (χ2n) is 6.20. The molecular weight excluding hydrogens is 296 g/mol. The Bertz CT molecular complexity index is 717. The normalized spacial score (nSPS) is 17.7. The summed E-state index contributed by atoms with van der Waals surface area (Å²) in [5.74, 6) is -0.0107. The van der Waals surface area contributed by atoms with Gasteiger partial charge in [-0.2, -0.15) is 0 Å². The van der Waals surface area contributed by atoms with Crippen LogP contribution < -0.4 is 0 Å². The molecule has 7 nitrogen and oxygen atoms in total. The van der Waals surface area contributed by atoms with Crippen molar-refractivity contribution in [3.63, 3.8) is 0 Å². The molecule has 3 rings (SSSR count). The molecule has 1 atom stereocenters. The second-order valence-corrected chi connectivity index (χ2v) is 6.20. The highest BCUT2D eigenvalue weighted by Crippen LogP contribution is 2.23. The van der Waals surface area contributed by atoms with Crippen molar-refractivity contribution in [2.75, 3.05) is 32.7 Å². The lowest BCUT2D eigenvalue weighted by atomic mass is 10.1. The van der Waals surface area contributed by atoms with Crippen molar-refractivity contribution in [3.8, 4) is 0 Å². The average Bonchev–Trinajstić information content (AvgIpc) is 2.87. The van der Waals surface area contributed by atoms with Gasteiger partial charge in [0.25, 0.3) is 11.6 Å². The van der Waals surface area contributed by atoms with Gasteiger partial charge in [-0.1, -0.05) is 5.16 Å². The summed E-state index contributed by atoms with van der Waals surface area (Å²) in [5.41, 5.74) is 2.45. The van der Waals surface area contributed by atoms with Crippen LogP contribution in [0.25, 0.3) is 11.1 Å². The molecule has 0 spiro atoms. The molecule has 0 aliphatic carbocycles. The molecule has 2 aromatic rings. The van der Waals surface area contributed by atoms with E-state index in [4.69, 9.17) is 4.52 Å². The second kappa shape index (κ2) is 6.25. The summed E-state index contributed by atoms with van der Waals surface area (Å²) in [6.07, 6.45) is -0.348. The molecule has 1 saturated heterocycles. The predicted molar refractivity (Wildman–Crippen MR) is 85.3 cm³/mol. The van der Waals surface area contributed by atoms with Crippen molar-refractivity contribution in [2.45, 2.75) is 26.9 Å². The predicted octanol–water partition coefficient (Wildman–Crippen LogP) is 0.978. The van der Waals surface area contributed by atoms with Gasteiger partial charge < -0.3 is 14.5 Å². The maximum atomic E-state index is 12.9. The Hall–Kier alpha value is -1.99.